The number of nitrogens with zero attached hydrogens (tertiary/aromatic N) is 2. The largest absolute Gasteiger partial charge is 0.380 e. The van der Waals surface area contributed by atoms with Gasteiger partial charge >= 0.3 is 0 Å². The van der Waals surface area contributed by atoms with Crippen LogP contribution in [0.4, 0.5) is 5.82 Å². The molecule has 1 aromatic carbocycles. The highest BCUT2D eigenvalue weighted by Crippen LogP contribution is 2.19. The molecule has 0 amide bonds. The first-order chi connectivity index (χ1) is 8.08. The molecule has 0 spiro atoms. The van der Waals surface area contributed by atoms with Crippen molar-refractivity contribution in [3.05, 3.63) is 34.0 Å². The van der Waals surface area contributed by atoms with Crippen LogP contribution in [0.1, 0.15) is 5.56 Å². The van der Waals surface area contributed by atoms with Gasteiger partial charge in [0.25, 0.3) is 0 Å². The van der Waals surface area contributed by atoms with Gasteiger partial charge in [0.2, 0.25) is 5.43 Å². The Kier molecular flexibility index (Phi) is 1.80. The number of hydrogen-bond acceptors (Lipinski definition) is 3. The van der Waals surface area contributed by atoms with Gasteiger partial charge in [0.05, 0.1) is 0 Å². The summed E-state index contributed by atoms with van der Waals surface area (Å²) in [6, 6.07) is 5.71. The third-order valence-corrected chi connectivity index (χ3v) is 2.97. The average molecular weight is 228 g/mol. The highest BCUT2D eigenvalue weighted by atomic mass is 16.1. The minimum absolute atomic E-state index is 0.0378. The summed E-state index contributed by atoms with van der Waals surface area (Å²) in [6.07, 6.45) is 0. The van der Waals surface area contributed by atoms with Crippen molar-refractivity contribution in [1.82, 2.24) is 14.8 Å². The number of nitrogens with one attached hydrogen (secondary N) is 1. The summed E-state index contributed by atoms with van der Waals surface area (Å²) in [7, 11) is 1.72. The molecule has 0 fully saturated rings. The second-order valence-electron chi connectivity index (χ2n) is 4.24. The van der Waals surface area contributed by atoms with Crippen LogP contribution < -0.4 is 11.2 Å². The predicted octanol–water partition coefficient (Wildman–Crippen LogP) is 1.31. The second kappa shape index (κ2) is 3.10. The van der Waals surface area contributed by atoms with Gasteiger partial charge in [0, 0.05) is 18.0 Å². The van der Waals surface area contributed by atoms with Crippen LogP contribution in [0.5, 0.6) is 0 Å². The number of aromatic amines is 1. The van der Waals surface area contributed by atoms with Crippen LogP contribution in [-0.4, -0.2) is 14.8 Å². The van der Waals surface area contributed by atoms with Crippen molar-refractivity contribution >= 4 is 27.8 Å². The second-order valence-corrected chi connectivity index (χ2v) is 4.24. The van der Waals surface area contributed by atoms with Crippen molar-refractivity contribution in [3.8, 4) is 0 Å². The Balaban J connectivity index is 2.65. The third kappa shape index (κ3) is 1.25. The van der Waals surface area contributed by atoms with Crippen molar-refractivity contribution in [1.29, 1.82) is 0 Å². The number of aromatic nitrogens is 3. The van der Waals surface area contributed by atoms with E-state index in [9.17, 15) is 4.79 Å². The highest BCUT2D eigenvalue weighted by molar-refractivity contribution is 5.95. The topological polar surface area (TPSA) is 76.7 Å². The maximum atomic E-state index is 12.3. The number of nitrogen functional groups attached to an aromatic ring is 1. The fraction of sp³-hybridized carbons (Fsp3) is 0.167. The van der Waals surface area contributed by atoms with Crippen LogP contribution >= 0.6 is 0 Å². The van der Waals surface area contributed by atoms with Crippen LogP contribution in [0.3, 0.4) is 0 Å². The van der Waals surface area contributed by atoms with E-state index >= 15 is 0 Å². The molecule has 17 heavy (non-hydrogen) atoms. The van der Waals surface area contributed by atoms with Crippen LogP contribution in [-0.2, 0) is 7.05 Å². The molecule has 0 aliphatic heterocycles. The molecular formula is C12H12N4O. The van der Waals surface area contributed by atoms with Gasteiger partial charge in [-0.2, -0.15) is 5.10 Å². The lowest BCUT2D eigenvalue weighted by Crippen LogP contribution is -2.08. The number of hydrogen-bond donors (Lipinski definition) is 2. The van der Waals surface area contributed by atoms with Crippen LogP contribution in [0.15, 0.2) is 23.0 Å². The van der Waals surface area contributed by atoms with Crippen molar-refractivity contribution in [2.75, 3.05) is 5.73 Å². The minimum Gasteiger partial charge on any atom is -0.380 e. The number of benzene rings is 1. The molecule has 0 saturated carbocycles. The van der Waals surface area contributed by atoms with E-state index in [1.54, 1.807) is 7.05 Å². The van der Waals surface area contributed by atoms with Crippen molar-refractivity contribution in [2.45, 2.75) is 6.92 Å². The zero-order valence-electron chi connectivity index (χ0n) is 9.61. The summed E-state index contributed by atoms with van der Waals surface area (Å²) in [4.78, 5) is 15.5. The Morgan fingerprint density at radius 2 is 2.18 bits per heavy atom. The molecule has 0 radical (unpaired) electrons. The van der Waals surface area contributed by atoms with E-state index in [-0.39, 0.29) is 5.43 Å². The van der Waals surface area contributed by atoms with E-state index in [1.165, 1.54) is 4.68 Å². The first-order valence-electron chi connectivity index (χ1n) is 5.33. The van der Waals surface area contributed by atoms with E-state index < -0.39 is 0 Å². The number of rotatable bonds is 0. The Bertz CT molecular complexity index is 797. The molecule has 3 N–H and O–H groups in total. The monoisotopic (exact) mass is 228 g/mol. The number of fused-ring (bicyclic) bond motifs is 2. The molecule has 0 aliphatic rings. The Morgan fingerprint density at radius 3 is 2.94 bits per heavy atom. The molecule has 0 aliphatic carbocycles. The highest BCUT2D eigenvalue weighted by Gasteiger charge is 2.12. The number of H-pyrrole nitrogens is 1. The first kappa shape index (κ1) is 9.89. The lowest BCUT2D eigenvalue weighted by molar-refractivity contribution is 0.800. The Labute approximate surface area is 96.9 Å². The lowest BCUT2D eigenvalue weighted by Gasteiger charge is -2.01. The smallest absolute Gasteiger partial charge is 0.215 e. The van der Waals surface area contributed by atoms with Gasteiger partial charge in [-0.15, -0.1) is 0 Å². The number of aryl methyl sites for hydroxylation is 2. The summed E-state index contributed by atoms with van der Waals surface area (Å²) in [5, 5.41) is 4.73. The standard InChI is InChI=1S/C12H12N4O/c1-6-3-4-8-7(5-6)11(17)10-9(14-8)12(13)15-16(10)2/h3-5H,1-2H3,(H2,13,15)(H,14,17). The van der Waals surface area contributed by atoms with Gasteiger partial charge < -0.3 is 10.7 Å². The molecule has 3 rings (SSSR count). The summed E-state index contributed by atoms with van der Waals surface area (Å²) in [6.45, 7) is 1.96. The molecule has 5 heteroatoms. The number of pyridine rings is 1. The summed E-state index contributed by atoms with van der Waals surface area (Å²) >= 11 is 0. The lowest BCUT2D eigenvalue weighted by atomic mass is 10.1. The minimum atomic E-state index is -0.0378. The number of anilines is 1. The Hall–Kier alpha value is -2.30. The predicted molar refractivity (Wildman–Crippen MR) is 68.0 cm³/mol. The molecule has 2 aromatic heterocycles. The van der Waals surface area contributed by atoms with Crippen LogP contribution in [0.2, 0.25) is 0 Å². The molecule has 0 bridgehead atoms. The fourth-order valence-corrected chi connectivity index (χ4v) is 2.15. The van der Waals surface area contributed by atoms with E-state index in [1.807, 2.05) is 25.1 Å². The van der Waals surface area contributed by atoms with Gasteiger partial charge in [-0.25, -0.2) is 0 Å². The van der Waals surface area contributed by atoms with E-state index in [2.05, 4.69) is 10.1 Å². The van der Waals surface area contributed by atoms with Gasteiger partial charge in [-0.3, -0.25) is 9.48 Å². The van der Waals surface area contributed by atoms with Crippen LogP contribution in [0, 0.1) is 6.92 Å². The molecule has 0 atom stereocenters. The maximum absolute atomic E-state index is 12.3. The third-order valence-electron chi connectivity index (χ3n) is 2.97. The normalized spacial score (nSPS) is 11.4. The number of nitrogens with two attached hydrogens (primary N) is 1. The van der Waals surface area contributed by atoms with Gasteiger partial charge in [-0.05, 0) is 19.1 Å². The zero-order chi connectivity index (χ0) is 12.2. The molecule has 3 aromatic rings. The van der Waals surface area contributed by atoms with Gasteiger partial charge in [0.1, 0.15) is 11.0 Å². The van der Waals surface area contributed by atoms with Crippen molar-refractivity contribution in [3.63, 3.8) is 0 Å². The van der Waals surface area contributed by atoms with E-state index in [0.29, 0.717) is 22.2 Å². The molecular weight excluding hydrogens is 216 g/mol. The quantitative estimate of drug-likeness (QED) is 0.609. The molecule has 2 heterocycles. The maximum Gasteiger partial charge on any atom is 0.215 e. The van der Waals surface area contributed by atoms with Gasteiger partial charge in [0.15, 0.2) is 5.82 Å². The summed E-state index contributed by atoms with van der Waals surface area (Å²) < 4.78 is 1.52. The Morgan fingerprint density at radius 1 is 1.41 bits per heavy atom. The molecule has 0 unspecified atom stereocenters. The molecule has 0 saturated heterocycles. The zero-order valence-corrected chi connectivity index (χ0v) is 9.61. The fourth-order valence-electron chi connectivity index (χ4n) is 2.15. The molecule has 86 valence electrons. The van der Waals surface area contributed by atoms with Crippen LogP contribution in [0.25, 0.3) is 21.9 Å². The molecule has 5 nitrogen and oxygen atoms in total. The van der Waals surface area contributed by atoms with Crippen molar-refractivity contribution < 1.29 is 0 Å². The first-order valence-corrected chi connectivity index (χ1v) is 5.33. The van der Waals surface area contributed by atoms with E-state index in [4.69, 9.17) is 5.73 Å². The van der Waals surface area contributed by atoms with Crippen molar-refractivity contribution in [2.24, 2.45) is 7.05 Å². The SMILES string of the molecule is Cc1ccc2[nH]c3c(N)nn(C)c3c(=O)c2c1. The summed E-state index contributed by atoms with van der Waals surface area (Å²) in [5.41, 5.74) is 8.69. The summed E-state index contributed by atoms with van der Waals surface area (Å²) in [5.74, 6) is 0.349. The van der Waals surface area contributed by atoms with E-state index in [0.717, 1.165) is 11.1 Å². The average Bonchev–Trinajstić information content (AvgIpc) is 2.56. The van der Waals surface area contributed by atoms with Gasteiger partial charge in [-0.1, -0.05) is 11.6 Å².